The first kappa shape index (κ1) is 23.0. The van der Waals surface area contributed by atoms with Crippen molar-refractivity contribution in [2.75, 3.05) is 18.5 Å². The number of thiocarbonyl (C=S) groups is 1. The molecular weight excluding hydrogens is 422 g/mol. The predicted octanol–water partition coefficient (Wildman–Crippen LogP) is 4.18. The summed E-state index contributed by atoms with van der Waals surface area (Å²) in [6.07, 6.45) is 0.734. The zero-order valence-corrected chi connectivity index (χ0v) is 18.6. The van der Waals surface area contributed by atoms with Gasteiger partial charge in [-0.3, -0.25) is 14.9 Å². The molecule has 32 heavy (non-hydrogen) atoms. The zero-order valence-electron chi connectivity index (χ0n) is 17.8. The van der Waals surface area contributed by atoms with E-state index in [1.54, 1.807) is 48.5 Å². The van der Waals surface area contributed by atoms with Gasteiger partial charge in [-0.1, -0.05) is 48.5 Å². The summed E-state index contributed by atoms with van der Waals surface area (Å²) >= 11 is 5.29. The molecule has 0 heterocycles. The molecule has 0 aliphatic heterocycles. The molecule has 0 radical (unpaired) electrons. The van der Waals surface area contributed by atoms with Gasteiger partial charge in [0.1, 0.15) is 5.75 Å². The summed E-state index contributed by atoms with van der Waals surface area (Å²) in [6, 6.07) is 23.8. The summed E-state index contributed by atoms with van der Waals surface area (Å²) < 4.78 is 5.43. The molecule has 164 valence electrons. The van der Waals surface area contributed by atoms with Gasteiger partial charge in [0.15, 0.2) is 5.11 Å². The molecule has 0 saturated heterocycles. The number of nitrogens with one attached hydrogen (secondary N) is 3. The van der Waals surface area contributed by atoms with E-state index < -0.39 is 0 Å². The predicted molar refractivity (Wildman–Crippen MR) is 130 cm³/mol. The molecule has 0 aliphatic carbocycles. The number of benzene rings is 3. The van der Waals surface area contributed by atoms with E-state index in [0.717, 1.165) is 12.0 Å². The van der Waals surface area contributed by atoms with Crippen LogP contribution in [0, 0.1) is 0 Å². The Bertz CT molecular complexity index is 1090. The van der Waals surface area contributed by atoms with Crippen molar-refractivity contribution in [1.82, 2.24) is 10.6 Å². The second-order valence-corrected chi connectivity index (χ2v) is 7.31. The summed E-state index contributed by atoms with van der Waals surface area (Å²) in [6.45, 7) is 2.89. The van der Waals surface area contributed by atoms with Crippen molar-refractivity contribution in [3.63, 3.8) is 0 Å². The Kier molecular flexibility index (Phi) is 8.34. The van der Waals surface area contributed by atoms with Crippen LogP contribution in [0.25, 0.3) is 0 Å². The summed E-state index contributed by atoms with van der Waals surface area (Å²) in [4.78, 5) is 25.2. The summed E-state index contributed by atoms with van der Waals surface area (Å²) in [5.74, 6) is 0.0213. The molecule has 0 atom stereocenters. The molecule has 3 aromatic rings. The smallest absolute Gasteiger partial charge is 0.257 e. The molecule has 0 aromatic heterocycles. The number of hydrogen-bond acceptors (Lipinski definition) is 4. The van der Waals surface area contributed by atoms with Gasteiger partial charge in [-0.25, -0.2) is 0 Å². The number of amides is 2. The monoisotopic (exact) mass is 447 g/mol. The number of anilines is 1. The highest BCUT2D eigenvalue weighted by molar-refractivity contribution is 7.80. The fourth-order valence-corrected chi connectivity index (χ4v) is 3.28. The Morgan fingerprint density at radius 3 is 2.44 bits per heavy atom. The van der Waals surface area contributed by atoms with Gasteiger partial charge >= 0.3 is 0 Å². The lowest BCUT2D eigenvalue weighted by Crippen LogP contribution is -2.35. The molecule has 7 heteroatoms. The fraction of sp³-hybridized carbons (Fsp3) is 0.160. The van der Waals surface area contributed by atoms with Crippen LogP contribution in [0.3, 0.4) is 0 Å². The molecule has 2 amide bonds. The highest BCUT2D eigenvalue weighted by Gasteiger charge is 2.14. The van der Waals surface area contributed by atoms with E-state index in [9.17, 15) is 9.59 Å². The normalized spacial score (nSPS) is 10.2. The van der Waals surface area contributed by atoms with E-state index in [1.165, 1.54) is 0 Å². The number of rotatable bonds is 8. The number of carbonyl (C=O) groups is 2. The van der Waals surface area contributed by atoms with Crippen LogP contribution in [-0.2, 0) is 6.42 Å². The maximum absolute atomic E-state index is 12.7. The minimum Gasteiger partial charge on any atom is -0.494 e. The van der Waals surface area contributed by atoms with Crippen molar-refractivity contribution in [1.29, 1.82) is 0 Å². The van der Waals surface area contributed by atoms with Crippen LogP contribution in [0.4, 0.5) is 5.69 Å². The Hall–Kier alpha value is -3.71. The Labute approximate surface area is 193 Å². The molecule has 0 saturated carbocycles. The average Bonchev–Trinajstić information content (AvgIpc) is 2.80. The molecule has 3 aromatic carbocycles. The second kappa shape index (κ2) is 11.6. The Balaban J connectivity index is 1.58. The molecule has 3 N–H and O–H groups in total. The van der Waals surface area contributed by atoms with Crippen LogP contribution < -0.4 is 20.7 Å². The largest absolute Gasteiger partial charge is 0.494 e. The Morgan fingerprint density at radius 2 is 1.66 bits per heavy atom. The van der Waals surface area contributed by atoms with Gasteiger partial charge in [0.25, 0.3) is 11.8 Å². The number of ether oxygens (including phenoxy) is 1. The fourth-order valence-electron chi connectivity index (χ4n) is 3.07. The molecule has 0 bridgehead atoms. The Morgan fingerprint density at radius 1 is 0.906 bits per heavy atom. The number of carbonyl (C=O) groups excluding carboxylic acids is 2. The number of para-hydroxylation sites is 1. The maximum atomic E-state index is 12.7. The summed E-state index contributed by atoms with van der Waals surface area (Å²) in [7, 11) is 0. The first-order valence-electron chi connectivity index (χ1n) is 10.3. The van der Waals surface area contributed by atoms with Crippen LogP contribution in [0.15, 0.2) is 78.9 Å². The second-order valence-electron chi connectivity index (χ2n) is 6.91. The van der Waals surface area contributed by atoms with Crippen molar-refractivity contribution >= 4 is 34.8 Å². The molecule has 0 spiro atoms. The molecular formula is C25H25N3O3S. The summed E-state index contributed by atoms with van der Waals surface area (Å²) in [5, 5.41) is 8.61. The lowest BCUT2D eigenvalue weighted by atomic mass is 10.1. The van der Waals surface area contributed by atoms with Crippen molar-refractivity contribution in [3.05, 3.63) is 95.6 Å². The molecule has 0 aliphatic rings. The first-order chi connectivity index (χ1) is 15.6. The standard InChI is InChI=1S/C25H25N3O3S/c1-2-31-20-12-8-11-19(17-20)23(29)28-25(32)27-22-14-7-6-13-21(22)24(30)26-16-15-18-9-4-3-5-10-18/h3-14,17H,2,15-16H2,1H3,(H,26,30)(H2,27,28,29,32). The van der Waals surface area contributed by atoms with Gasteiger partial charge in [0.2, 0.25) is 0 Å². The zero-order chi connectivity index (χ0) is 22.8. The van der Waals surface area contributed by atoms with Crippen LogP contribution in [0.2, 0.25) is 0 Å². The lowest BCUT2D eigenvalue weighted by Gasteiger charge is -2.14. The quantitative estimate of drug-likeness (QED) is 0.452. The highest BCUT2D eigenvalue weighted by atomic mass is 32.1. The average molecular weight is 448 g/mol. The van der Waals surface area contributed by atoms with E-state index in [-0.39, 0.29) is 16.9 Å². The van der Waals surface area contributed by atoms with Gasteiger partial charge in [-0.2, -0.15) is 0 Å². The minimum absolute atomic E-state index is 0.0985. The molecule has 6 nitrogen and oxygen atoms in total. The van der Waals surface area contributed by atoms with Gasteiger partial charge < -0.3 is 15.4 Å². The van der Waals surface area contributed by atoms with Crippen molar-refractivity contribution in [2.45, 2.75) is 13.3 Å². The summed E-state index contributed by atoms with van der Waals surface area (Å²) in [5.41, 5.74) is 2.53. The lowest BCUT2D eigenvalue weighted by molar-refractivity contribution is 0.0953. The highest BCUT2D eigenvalue weighted by Crippen LogP contribution is 2.16. The van der Waals surface area contributed by atoms with Gasteiger partial charge in [0, 0.05) is 12.1 Å². The van der Waals surface area contributed by atoms with Gasteiger partial charge in [-0.05, 0) is 61.5 Å². The van der Waals surface area contributed by atoms with E-state index in [2.05, 4.69) is 16.0 Å². The first-order valence-corrected chi connectivity index (χ1v) is 10.7. The SMILES string of the molecule is CCOc1cccc(C(=O)NC(=S)Nc2ccccc2C(=O)NCCc2ccccc2)c1. The van der Waals surface area contributed by atoms with Crippen molar-refractivity contribution < 1.29 is 14.3 Å². The van der Waals surface area contributed by atoms with E-state index in [0.29, 0.717) is 35.7 Å². The topological polar surface area (TPSA) is 79.5 Å². The van der Waals surface area contributed by atoms with E-state index in [4.69, 9.17) is 17.0 Å². The van der Waals surface area contributed by atoms with Crippen LogP contribution in [0.5, 0.6) is 5.75 Å². The molecule has 0 fully saturated rings. The van der Waals surface area contributed by atoms with E-state index in [1.807, 2.05) is 37.3 Å². The third-order valence-corrected chi connectivity index (χ3v) is 4.80. The van der Waals surface area contributed by atoms with Crippen LogP contribution in [-0.4, -0.2) is 30.1 Å². The maximum Gasteiger partial charge on any atom is 0.257 e. The minimum atomic E-state index is -0.367. The van der Waals surface area contributed by atoms with Gasteiger partial charge in [0.05, 0.1) is 17.9 Å². The third-order valence-electron chi connectivity index (χ3n) is 4.60. The van der Waals surface area contributed by atoms with E-state index >= 15 is 0 Å². The number of hydrogen-bond donors (Lipinski definition) is 3. The third kappa shape index (κ3) is 6.65. The van der Waals surface area contributed by atoms with Crippen LogP contribution in [0.1, 0.15) is 33.2 Å². The van der Waals surface area contributed by atoms with Crippen molar-refractivity contribution in [2.24, 2.45) is 0 Å². The van der Waals surface area contributed by atoms with Crippen LogP contribution >= 0.6 is 12.2 Å². The molecule has 3 rings (SSSR count). The van der Waals surface area contributed by atoms with Crippen molar-refractivity contribution in [3.8, 4) is 5.75 Å². The van der Waals surface area contributed by atoms with Gasteiger partial charge in [-0.15, -0.1) is 0 Å². The molecule has 0 unspecified atom stereocenters.